The minimum atomic E-state index is 0.901. The fourth-order valence-electron chi connectivity index (χ4n) is 1.48. The van der Waals surface area contributed by atoms with Crippen LogP contribution < -0.4 is 9.47 Å². The van der Waals surface area contributed by atoms with E-state index >= 15 is 0 Å². The van der Waals surface area contributed by atoms with Gasteiger partial charge in [0.15, 0.2) is 0 Å². The molecule has 1 rings (SSSR count). The van der Waals surface area contributed by atoms with Crippen molar-refractivity contribution in [3.63, 3.8) is 0 Å². The first-order chi connectivity index (χ1) is 6.83. The van der Waals surface area contributed by atoms with Gasteiger partial charge in [0.25, 0.3) is 0 Å². The second-order valence-electron chi connectivity index (χ2n) is 3.10. The zero-order valence-corrected chi connectivity index (χ0v) is 8.88. The summed E-state index contributed by atoms with van der Waals surface area (Å²) in [6.07, 6.45) is 2.94. The molecule has 0 heterocycles. The minimum absolute atomic E-state index is 0.901. The Kier molecular flexibility index (Phi) is 4.30. The van der Waals surface area contributed by atoms with Crippen LogP contribution in [0.2, 0.25) is 0 Å². The van der Waals surface area contributed by atoms with Gasteiger partial charge in [-0.25, -0.2) is 0 Å². The van der Waals surface area contributed by atoms with Crippen LogP contribution in [0.1, 0.15) is 18.4 Å². The molecule has 14 heavy (non-hydrogen) atoms. The quantitative estimate of drug-likeness (QED) is 0.716. The Morgan fingerprint density at radius 2 is 1.71 bits per heavy atom. The maximum Gasteiger partial charge on any atom is 0.125 e. The SMILES string of the molecule is [CH2]CCCc1c(OC)cccc1OC. The lowest BCUT2D eigenvalue weighted by Crippen LogP contribution is -1.96. The van der Waals surface area contributed by atoms with Crippen LogP contribution in [0.3, 0.4) is 0 Å². The first-order valence-corrected chi connectivity index (χ1v) is 4.82. The van der Waals surface area contributed by atoms with Crippen molar-refractivity contribution in [3.8, 4) is 11.5 Å². The van der Waals surface area contributed by atoms with Crippen LogP contribution in [0.15, 0.2) is 18.2 Å². The molecule has 2 heteroatoms. The van der Waals surface area contributed by atoms with Crippen molar-refractivity contribution in [3.05, 3.63) is 30.7 Å². The van der Waals surface area contributed by atoms with E-state index in [4.69, 9.17) is 9.47 Å². The van der Waals surface area contributed by atoms with Gasteiger partial charge in [-0.3, -0.25) is 0 Å². The molecule has 1 radical (unpaired) electrons. The predicted molar refractivity (Wildman–Crippen MR) is 57.8 cm³/mol. The van der Waals surface area contributed by atoms with Crippen molar-refractivity contribution < 1.29 is 9.47 Å². The van der Waals surface area contributed by atoms with E-state index in [1.165, 1.54) is 0 Å². The molecule has 0 saturated carbocycles. The molecule has 1 aromatic carbocycles. The standard InChI is InChI=1S/C12H17O2/c1-4-5-7-10-11(13-2)8-6-9-12(10)14-3/h6,8-9H,1,4-5,7H2,2-3H3. The Morgan fingerprint density at radius 1 is 1.14 bits per heavy atom. The zero-order chi connectivity index (χ0) is 10.4. The van der Waals surface area contributed by atoms with Crippen molar-refractivity contribution in [2.24, 2.45) is 0 Å². The van der Waals surface area contributed by atoms with E-state index in [2.05, 4.69) is 6.92 Å². The van der Waals surface area contributed by atoms with Crippen molar-refractivity contribution >= 4 is 0 Å². The van der Waals surface area contributed by atoms with Crippen molar-refractivity contribution in [2.45, 2.75) is 19.3 Å². The number of ether oxygens (including phenoxy) is 2. The fourth-order valence-corrected chi connectivity index (χ4v) is 1.48. The van der Waals surface area contributed by atoms with E-state index in [1.54, 1.807) is 14.2 Å². The highest BCUT2D eigenvalue weighted by Gasteiger charge is 2.08. The van der Waals surface area contributed by atoms with Gasteiger partial charge in [0.2, 0.25) is 0 Å². The number of rotatable bonds is 5. The third-order valence-electron chi connectivity index (χ3n) is 2.21. The van der Waals surface area contributed by atoms with Crippen molar-refractivity contribution in [1.82, 2.24) is 0 Å². The molecular formula is C12H17O2. The third-order valence-corrected chi connectivity index (χ3v) is 2.21. The lowest BCUT2D eigenvalue weighted by Gasteiger charge is -2.12. The summed E-state index contributed by atoms with van der Waals surface area (Å²) in [4.78, 5) is 0. The lowest BCUT2D eigenvalue weighted by atomic mass is 10.1. The summed E-state index contributed by atoms with van der Waals surface area (Å²) >= 11 is 0. The van der Waals surface area contributed by atoms with Crippen LogP contribution in [-0.4, -0.2) is 14.2 Å². The summed E-state index contributed by atoms with van der Waals surface area (Å²) in [5, 5.41) is 0. The van der Waals surface area contributed by atoms with Gasteiger partial charge >= 0.3 is 0 Å². The van der Waals surface area contributed by atoms with E-state index in [1.807, 2.05) is 18.2 Å². The Labute approximate surface area is 85.8 Å². The number of hydrogen-bond donors (Lipinski definition) is 0. The van der Waals surface area contributed by atoms with E-state index in [0.717, 1.165) is 36.3 Å². The summed E-state index contributed by atoms with van der Waals surface area (Å²) in [5.74, 6) is 1.80. The summed E-state index contributed by atoms with van der Waals surface area (Å²) in [7, 11) is 3.37. The largest absolute Gasteiger partial charge is 0.496 e. The lowest BCUT2D eigenvalue weighted by molar-refractivity contribution is 0.384. The molecule has 0 spiro atoms. The first kappa shape index (κ1) is 10.9. The highest BCUT2D eigenvalue weighted by atomic mass is 16.5. The molecule has 2 nitrogen and oxygen atoms in total. The van der Waals surface area contributed by atoms with Gasteiger partial charge in [-0.2, -0.15) is 0 Å². The first-order valence-electron chi connectivity index (χ1n) is 4.82. The van der Waals surface area contributed by atoms with Crippen LogP contribution in [-0.2, 0) is 6.42 Å². The Morgan fingerprint density at radius 3 is 2.14 bits per heavy atom. The molecule has 0 aliphatic rings. The minimum Gasteiger partial charge on any atom is -0.496 e. The number of hydrogen-bond acceptors (Lipinski definition) is 2. The molecule has 0 amide bonds. The summed E-state index contributed by atoms with van der Waals surface area (Å²) in [5.41, 5.74) is 1.14. The van der Waals surface area contributed by atoms with Gasteiger partial charge in [0, 0.05) is 5.56 Å². The maximum atomic E-state index is 5.28. The monoisotopic (exact) mass is 193 g/mol. The highest BCUT2D eigenvalue weighted by molar-refractivity contribution is 5.44. The molecule has 0 aliphatic carbocycles. The summed E-state index contributed by atoms with van der Waals surface area (Å²) in [6, 6.07) is 5.85. The Bertz CT molecular complexity index is 259. The average molecular weight is 193 g/mol. The highest BCUT2D eigenvalue weighted by Crippen LogP contribution is 2.29. The topological polar surface area (TPSA) is 18.5 Å². The van der Waals surface area contributed by atoms with Gasteiger partial charge in [0.1, 0.15) is 11.5 Å². The van der Waals surface area contributed by atoms with Crippen molar-refractivity contribution in [1.29, 1.82) is 0 Å². The summed E-state index contributed by atoms with van der Waals surface area (Å²) in [6.45, 7) is 3.83. The normalized spacial score (nSPS) is 9.93. The third kappa shape index (κ3) is 2.41. The van der Waals surface area contributed by atoms with Crippen LogP contribution in [0, 0.1) is 6.92 Å². The van der Waals surface area contributed by atoms with E-state index in [9.17, 15) is 0 Å². The molecule has 0 aromatic heterocycles. The Balaban J connectivity index is 2.93. The molecule has 0 unspecified atom stereocenters. The molecule has 0 fully saturated rings. The predicted octanol–water partition coefficient (Wildman–Crippen LogP) is 2.86. The van der Waals surface area contributed by atoms with Crippen LogP contribution in [0.25, 0.3) is 0 Å². The van der Waals surface area contributed by atoms with E-state index < -0.39 is 0 Å². The molecular weight excluding hydrogens is 176 g/mol. The van der Waals surface area contributed by atoms with Crippen LogP contribution in [0.5, 0.6) is 11.5 Å². The summed E-state index contributed by atoms with van der Waals surface area (Å²) < 4.78 is 10.6. The van der Waals surface area contributed by atoms with Gasteiger partial charge in [-0.15, -0.1) is 0 Å². The fraction of sp³-hybridized carbons (Fsp3) is 0.417. The second kappa shape index (κ2) is 5.53. The van der Waals surface area contributed by atoms with Crippen LogP contribution in [0.4, 0.5) is 0 Å². The van der Waals surface area contributed by atoms with E-state index in [0.29, 0.717) is 0 Å². The molecule has 77 valence electrons. The molecule has 1 aromatic rings. The van der Waals surface area contributed by atoms with Crippen LogP contribution >= 0.6 is 0 Å². The zero-order valence-electron chi connectivity index (χ0n) is 8.88. The Hall–Kier alpha value is -1.18. The molecule has 0 saturated heterocycles. The van der Waals surface area contributed by atoms with Gasteiger partial charge < -0.3 is 9.47 Å². The van der Waals surface area contributed by atoms with Gasteiger partial charge in [-0.05, 0) is 25.0 Å². The molecule has 0 aliphatic heterocycles. The molecule has 0 bridgehead atoms. The average Bonchev–Trinajstić information content (AvgIpc) is 2.25. The van der Waals surface area contributed by atoms with Crippen molar-refractivity contribution in [2.75, 3.05) is 14.2 Å². The second-order valence-corrected chi connectivity index (χ2v) is 3.10. The van der Waals surface area contributed by atoms with E-state index in [-0.39, 0.29) is 0 Å². The number of methoxy groups -OCH3 is 2. The smallest absolute Gasteiger partial charge is 0.125 e. The molecule has 0 N–H and O–H groups in total. The number of benzene rings is 1. The number of unbranched alkanes of at least 4 members (excludes halogenated alkanes) is 1. The molecule has 0 atom stereocenters. The van der Waals surface area contributed by atoms with Gasteiger partial charge in [0.05, 0.1) is 14.2 Å². The maximum absolute atomic E-state index is 5.28. The van der Waals surface area contributed by atoms with Gasteiger partial charge in [-0.1, -0.05) is 19.4 Å².